The highest BCUT2D eigenvalue weighted by molar-refractivity contribution is 5.93. The lowest BCUT2D eigenvalue weighted by molar-refractivity contribution is -0.279. The molecule has 0 N–H and O–H groups in total. The van der Waals surface area contributed by atoms with Gasteiger partial charge in [-0.3, -0.25) is 4.89 Å². The van der Waals surface area contributed by atoms with Crippen LogP contribution in [0.5, 0.6) is 11.5 Å². The summed E-state index contributed by atoms with van der Waals surface area (Å²) >= 11 is 0. The quantitative estimate of drug-likeness (QED) is 0.612. The molecular formula is C15H20O5. The van der Waals surface area contributed by atoms with Crippen molar-refractivity contribution in [3.8, 4) is 11.5 Å². The molecule has 1 fully saturated rings. The van der Waals surface area contributed by atoms with E-state index in [4.69, 9.17) is 19.2 Å². The summed E-state index contributed by atoms with van der Waals surface area (Å²) in [5.74, 6) is 0.276. The molecule has 1 saturated carbocycles. The van der Waals surface area contributed by atoms with Gasteiger partial charge in [0.1, 0.15) is 11.7 Å². The van der Waals surface area contributed by atoms with E-state index >= 15 is 0 Å². The van der Waals surface area contributed by atoms with Crippen LogP contribution in [-0.2, 0) is 9.78 Å². The molecule has 5 heteroatoms. The first-order valence-corrected chi connectivity index (χ1v) is 6.85. The molecule has 0 bridgehead atoms. The van der Waals surface area contributed by atoms with Crippen LogP contribution in [0.2, 0.25) is 0 Å². The smallest absolute Gasteiger partial charge is 0.376 e. The maximum Gasteiger partial charge on any atom is 0.376 e. The second-order valence-electron chi connectivity index (χ2n) is 4.77. The van der Waals surface area contributed by atoms with Crippen LogP contribution in [0.15, 0.2) is 18.2 Å². The highest BCUT2D eigenvalue weighted by Gasteiger charge is 2.21. The second-order valence-corrected chi connectivity index (χ2v) is 4.77. The molecule has 0 radical (unpaired) electrons. The van der Waals surface area contributed by atoms with Crippen molar-refractivity contribution in [2.75, 3.05) is 14.2 Å². The van der Waals surface area contributed by atoms with E-state index in [9.17, 15) is 4.79 Å². The minimum absolute atomic E-state index is 0.00398. The van der Waals surface area contributed by atoms with Crippen molar-refractivity contribution in [1.82, 2.24) is 0 Å². The van der Waals surface area contributed by atoms with Gasteiger partial charge < -0.3 is 9.47 Å². The van der Waals surface area contributed by atoms with E-state index in [1.807, 2.05) is 0 Å². The third-order valence-corrected chi connectivity index (χ3v) is 3.43. The molecule has 0 atom stereocenters. The van der Waals surface area contributed by atoms with Crippen LogP contribution in [-0.4, -0.2) is 26.3 Å². The first kappa shape index (κ1) is 14.7. The van der Waals surface area contributed by atoms with E-state index < -0.39 is 5.97 Å². The Kier molecular flexibility index (Phi) is 5.24. The van der Waals surface area contributed by atoms with E-state index in [0.29, 0.717) is 17.1 Å². The van der Waals surface area contributed by atoms with Crippen LogP contribution in [0, 0.1) is 0 Å². The summed E-state index contributed by atoms with van der Waals surface area (Å²) in [5, 5.41) is 0. The molecule has 110 valence electrons. The Bertz CT molecular complexity index is 452. The van der Waals surface area contributed by atoms with Crippen LogP contribution < -0.4 is 9.47 Å². The van der Waals surface area contributed by atoms with Crippen LogP contribution in [0.25, 0.3) is 0 Å². The molecule has 20 heavy (non-hydrogen) atoms. The number of para-hydroxylation sites is 1. The lowest BCUT2D eigenvalue weighted by Crippen LogP contribution is -2.19. The molecule has 2 rings (SSSR count). The van der Waals surface area contributed by atoms with E-state index in [1.165, 1.54) is 20.6 Å². The Morgan fingerprint density at radius 1 is 1.10 bits per heavy atom. The number of hydrogen-bond donors (Lipinski definition) is 0. The fourth-order valence-corrected chi connectivity index (χ4v) is 2.37. The summed E-state index contributed by atoms with van der Waals surface area (Å²) in [6.45, 7) is 0. The molecule has 0 amide bonds. The molecule has 0 unspecified atom stereocenters. The topological polar surface area (TPSA) is 54.0 Å². The zero-order valence-electron chi connectivity index (χ0n) is 11.9. The number of carbonyl (C=O) groups excluding carboxylic acids is 1. The van der Waals surface area contributed by atoms with Crippen LogP contribution >= 0.6 is 0 Å². The standard InChI is InChI=1S/C15H20O5/c1-17-13-10-6-9-12(14(13)18-2)15(16)20-19-11-7-4-3-5-8-11/h6,9-11H,3-5,7-8H2,1-2H3. The number of benzene rings is 1. The van der Waals surface area contributed by atoms with E-state index in [-0.39, 0.29) is 6.10 Å². The van der Waals surface area contributed by atoms with E-state index in [0.717, 1.165) is 25.7 Å². The van der Waals surface area contributed by atoms with Gasteiger partial charge in [-0.25, -0.2) is 4.79 Å². The molecule has 1 aromatic carbocycles. The fraction of sp³-hybridized carbons (Fsp3) is 0.533. The van der Waals surface area contributed by atoms with Crippen LogP contribution in [0.1, 0.15) is 42.5 Å². The molecule has 0 aliphatic heterocycles. The minimum atomic E-state index is -0.564. The summed E-state index contributed by atoms with van der Waals surface area (Å²) in [4.78, 5) is 22.2. The number of hydrogen-bond acceptors (Lipinski definition) is 5. The van der Waals surface area contributed by atoms with Gasteiger partial charge in [-0.15, -0.1) is 0 Å². The lowest BCUT2D eigenvalue weighted by Gasteiger charge is -2.20. The Morgan fingerprint density at radius 2 is 1.85 bits per heavy atom. The van der Waals surface area contributed by atoms with Crippen molar-refractivity contribution in [3.63, 3.8) is 0 Å². The largest absolute Gasteiger partial charge is 0.493 e. The molecule has 0 heterocycles. The zero-order valence-corrected chi connectivity index (χ0v) is 11.9. The third kappa shape index (κ3) is 3.42. The Morgan fingerprint density at radius 3 is 2.50 bits per heavy atom. The minimum Gasteiger partial charge on any atom is -0.493 e. The number of carbonyl (C=O) groups is 1. The molecule has 0 saturated heterocycles. The number of methoxy groups -OCH3 is 2. The van der Waals surface area contributed by atoms with Crippen molar-refractivity contribution < 1.29 is 24.0 Å². The van der Waals surface area contributed by atoms with Crippen molar-refractivity contribution >= 4 is 5.97 Å². The molecule has 0 aromatic heterocycles. The van der Waals surface area contributed by atoms with Gasteiger partial charge in [-0.2, -0.15) is 4.89 Å². The normalized spacial score (nSPS) is 15.7. The molecule has 0 spiro atoms. The van der Waals surface area contributed by atoms with Gasteiger partial charge in [0, 0.05) is 0 Å². The first-order chi connectivity index (χ1) is 9.76. The molecule has 1 aromatic rings. The van der Waals surface area contributed by atoms with Gasteiger partial charge in [0.15, 0.2) is 11.5 Å². The predicted molar refractivity (Wildman–Crippen MR) is 72.9 cm³/mol. The summed E-state index contributed by atoms with van der Waals surface area (Å²) in [6.07, 6.45) is 5.32. The predicted octanol–water partition coefficient (Wildman–Crippen LogP) is 3.12. The fourth-order valence-electron chi connectivity index (χ4n) is 2.37. The van der Waals surface area contributed by atoms with Crippen molar-refractivity contribution in [2.24, 2.45) is 0 Å². The summed E-state index contributed by atoms with van der Waals surface area (Å²) in [6, 6.07) is 5.05. The summed E-state index contributed by atoms with van der Waals surface area (Å²) in [7, 11) is 3.00. The SMILES string of the molecule is COc1cccc(C(=O)OOC2CCCCC2)c1OC. The van der Waals surface area contributed by atoms with Gasteiger partial charge in [0.2, 0.25) is 0 Å². The van der Waals surface area contributed by atoms with Crippen molar-refractivity contribution in [1.29, 1.82) is 0 Å². The Labute approximate surface area is 118 Å². The number of ether oxygens (including phenoxy) is 2. The highest BCUT2D eigenvalue weighted by atomic mass is 17.2. The maximum absolute atomic E-state index is 12.1. The number of rotatable bonds is 5. The average molecular weight is 280 g/mol. The zero-order chi connectivity index (χ0) is 14.4. The molecule has 5 nitrogen and oxygen atoms in total. The Balaban J connectivity index is 2.01. The van der Waals surface area contributed by atoms with E-state index in [1.54, 1.807) is 18.2 Å². The van der Waals surface area contributed by atoms with Gasteiger partial charge in [-0.05, 0) is 25.0 Å². The summed E-state index contributed by atoms with van der Waals surface area (Å²) in [5.41, 5.74) is 0.294. The lowest BCUT2D eigenvalue weighted by atomic mass is 9.98. The summed E-state index contributed by atoms with van der Waals surface area (Å²) < 4.78 is 10.3. The van der Waals surface area contributed by atoms with Gasteiger partial charge >= 0.3 is 5.97 Å². The van der Waals surface area contributed by atoms with Gasteiger partial charge in [0.25, 0.3) is 0 Å². The molecule has 1 aliphatic carbocycles. The van der Waals surface area contributed by atoms with Gasteiger partial charge in [0.05, 0.1) is 14.2 Å². The second kappa shape index (κ2) is 7.14. The average Bonchev–Trinajstić information content (AvgIpc) is 2.52. The monoisotopic (exact) mass is 280 g/mol. The maximum atomic E-state index is 12.1. The first-order valence-electron chi connectivity index (χ1n) is 6.85. The molecular weight excluding hydrogens is 260 g/mol. The highest BCUT2D eigenvalue weighted by Crippen LogP contribution is 2.31. The Hall–Kier alpha value is -1.75. The van der Waals surface area contributed by atoms with Crippen molar-refractivity contribution in [2.45, 2.75) is 38.2 Å². The van der Waals surface area contributed by atoms with Gasteiger partial charge in [-0.1, -0.05) is 25.3 Å². The van der Waals surface area contributed by atoms with Crippen molar-refractivity contribution in [3.05, 3.63) is 23.8 Å². The molecule has 1 aliphatic rings. The van der Waals surface area contributed by atoms with Crippen LogP contribution in [0.3, 0.4) is 0 Å². The van der Waals surface area contributed by atoms with Crippen LogP contribution in [0.4, 0.5) is 0 Å². The third-order valence-electron chi connectivity index (χ3n) is 3.43. The van der Waals surface area contributed by atoms with E-state index in [2.05, 4.69) is 0 Å².